The molecule has 0 aromatic heterocycles. The van der Waals surface area contributed by atoms with Gasteiger partial charge in [-0.2, -0.15) is 0 Å². The van der Waals surface area contributed by atoms with Gasteiger partial charge in [-0.05, 0) is 19.8 Å². The van der Waals surface area contributed by atoms with Crippen LogP contribution in [0.3, 0.4) is 0 Å². The van der Waals surface area contributed by atoms with Crippen LogP contribution in [0.2, 0.25) is 0 Å². The number of primary amides is 1. The minimum Gasteiger partial charge on any atom is -0.370 e. The van der Waals surface area contributed by atoms with E-state index in [0.717, 1.165) is 0 Å². The zero-order valence-corrected chi connectivity index (χ0v) is 9.38. The van der Waals surface area contributed by atoms with Crippen LogP contribution in [0.5, 0.6) is 0 Å². The molecule has 0 bridgehead atoms. The van der Waals surface area contributed by atoms with Crippen LogP contribution in [-0.2, 0) is 9.59 Å². The van der Waals surface area contributed by atoms with Crippen molar-refractivity contribution in [3.05, 3.63) is 0 Å². The Hall–Kier alpha value is -1.63. The first kappa shape index (κ1) is 14.4. The lowest BCUT2D eigenvalue weighted by Crippen LogP contribution is -2.43. The molecule has 7 N–H and O–H groups in total. The molecule has 1 atom stereocenters. The molecule has 7 nitrogen and oxygen atoms in total. The Labute approximate surface area is 94.4 Å². The molecule has 0 aliphatic rings. The second-order valence-corrected chi connectivity index (χ2v) is 3.52. The molecule has 0 fully saturated rings. The number of ketones is 1. The summed E-state index contributed by atoms with van der Waals surface area (Å²) in [7, 11) is 0. The van der Waals surface area contributed by atoms with Crippen molar-refractivity contribution in [1.82, 2.24) is 10.6 Å². The summed E-state index contributed by atoms with van der Waals surface area (Å²) in [6, 6.07) is -0.516. The summed E-state index contributed by atoms with van der Waals surface area (Å²) in [6.07, 6.45) is 1.14. The van der Waals surface area contributed by atoms with Crippen molar-refractivity contribution in [2.45, 2.75) is 25.8 Å². The zero-order valence-electron chi connectivity index (χ0n) is 9.38. The van der Waals surface area contributed by atoms with Gasteiger partial charge < -0.3 is 16.8 Å². The van der Waals surface area contributed by atoms with Crippen LogP contribution in [-0.4, -0.2) is 36.8 Å². The van der Waals surface area contributed by atoms with Crippen LogP contribution in [0.15, 0.2) is 0 Å². The molecule has 0 saturated carbocycles. The van der Waals surface area contributed by atoms with Gasteiger partial charge in [-0.3, -0.25) is 20.3 Å². The first-order chi connectivity index (χ1) is 7.43. The molecule has 1 amide bonds. The van der Waals surface area contributed by atoms with Crippen LogP contribution in [0.25, 0.3) is 0 Å². The highest BCUT2D eigenvalue weighted by Gasteiger charge is 2.14. The van der Waals surface area contributed by atoms with E-state index in [4.69, 9.17) is 16.9 Å². The van der Waals surface area contributed by atoms with Gasteiger partial charge in [-0.1, -0.05) is 0 Å². The van der Waals surface area contributed by atoms with Gasteiger partial charge in [0.15, 0.2) is 5.96 Å². The Morgan fingerprint density at radius 2 is 2.00 bits per heavy atom. The molecule has 0 radical (unpaired) electrons. The number of rotatable bonds is 8. The van der Waals surface area contributed by atoms with Crippen LogP contribution in [0, 0.1) is 5.41 Å². The third kappa shape index (κ3) is 7.74. The van der Waals surface area contributed by atoms with Crippen molar-refractivity contribution in [2.75, 3.05) is 13.1 Å². The summed E-state index contributed by atoms with van der Waals surface area (Å²) in [5.41, 5.74) is 10.3. The van der Waals surface area contributed by atoms with Gasteiger partial charge >= 0.3 is 0 Å². The standard InChI is InChI=1S/C9H19N5O2/c1-6(15)5-14-7(8(10)16)3-2-4-13-9(11)12/h7,14H,2-5H2,1H3,(H2,10,16)(H4,11,12,13). The molecule has 16 heavy (non-hydrogen) atoms. The Morgan fingerprint density at radius 3 is 2.44 bits per heavy atom. The molecule has 0 aliphatic heterocycles. The fourth-order valence-electron chi connectivity index (χ4n) is 1.14. The lowest BCUT2D eigenvalue weighted by atomic mass is 10.1. The Balaban J connectivity index is 3.81. The molecule has 0 spiro atoms. The topological polar surface area (TPSA) is 134 Å². The summed E-state index contributed by atoms with van der Waals surface area (Å²) in [5, 5.41) is 12.3. The van der Waals surface area contributed by atoms with Crippen molar-refractivity contribution in [3.63, 3.8) is 0 Å². The summed E-state index contributed by atoms with van der Waals surface area (Å²) in [6.45, 7) is 2.07. The normalized spacial score (nSPS) is 11.8. The van der Waals surface area contributed by atoms with E-state index in [2.05, 4.69) is 10.6 Å². The fourth-order valence-corrected chi connectivity index (χ4v) is 1.14. The largest absolute Gasteiger partial charge is 0.370 e. The van der Waals surface area contributed by atoms with Gasteiger partial charge in [0, 0.05) is 6.54 Å². The van der Waals surface area contributed by atoms with Gasteiger partial charge in [0.05, 0.1) is 12.6 Å². The van der Waals surface area contributed by atoms with E-state index >= 15 is 0 Å². The molecule has 7 heteroatoms. The molecule has 0 aromatic rings. The second-order valence-electron chi connectivity index (χ2n) is 3.52. The predicted octanol–water partition coefficient (Wildman–Crippen LogP) is -1.72. The van der Waals surface area contributed by atoms with Gasteiger partial charge in [-0.25, -0.2) is 0 Å². The van der Waals surface area contributed by atoms with Crippen molar-refractivity contribution in [1.29, 1.82) is 5.41 Å². The Bertz CT molecular complexity index is 267. The lowest BCUT2D eigenvalue weighted by molar-refractivity contribution is -0.120. The number of amides is 1. The first-order valence-electron chi connectivity index (χ1n) is 5.03. The average Bonchev–Trinajstić information content (AvgIpc) is 2.15. The van der Waals surface area contributed by atoms with E-state index in [1.165, 1.54) is 6.92 Å². The van der Waals surface area contributed by atoms with Gasteiger partial charge in [0.1, 0.15) is 5.78 Å². The highest BCUT2D eigenvalue weighted by molar-refractivity contribution is 5.82. The van der Waals surface area contributed by atoms with Crippen molar-refractivity contribution in [3.8, 4) is 0 Å². The maximum Gasteiger partial charge on any atom is 0.234 e. The van der Waals surface area contributed by atoms with E-state index < -0.39 is 11.9 Å². The predicted molar refractivity (Wildman–Crippen MR) is 60.8 cm³/mol. The first-order valence-corrected chi connectivity index (χ1v) is 5.03. The van der Waals surface area contributed by atoms with Crippen LogP contribution in [0.1, 0.15) is 19.8 Å². The minimum atomic E-state index is -0.516. The quantitative estimate of drug-likeness (QED) is 0.192. The number of nitrogens with one attached hydrogen (secondary N) is 3. The molecule has 0 saturated heterocycles. The third-order valence-electron chi connectivity index (χ3n) is 1.93. The number of hydrogen-bond donors (Lipinski definition) is 5. The number of hydrogen-bond acceptors (Lipinski definition) is 4. The Morgan fingerprint density at radius 1 is 1.38 bits per heavy atom. The van der Waals surface area contributed by atoms with Crippen LogP contribution >= 0.6 is 0 Å². The fraction of sp³-hybridized carbons (Fsp3) is 0.667. The number of guanidine groups is 1. The maximum atomic E-state index is 11.0. The van der Waals surface area contributed by atoms with Gasteiger partial charge in [0.25, 0.3) is 0 Å². The van der Waals surface area contributed by atoms with Crippen molar-refractivity contribution in [2.24, 2.45) is 11.5 Å². The molecular weight excluding hydrogens is 210 g/mol. The lowest BCUT2D eigenvalue weighted by Gasteiger charge is -2.14. The SMILES string of the molecule is CC(=O)CNC(CCCNC(=N)N)C(N)=O. The van der Waals surface area contributed by atoms with Crippen LogP contribution in [0.4, 0.5) is 0 Å². The number of carbonyl (C=O) groups excluding carboxylic acids is 2. The second kappa shape index (κ2) is 7.63. The minimum absolute atomic E-state index is 0.0480. The monoisotopic (exact) mass is 229 g/mol. The molecule has 1 unspecified atom stereocenters. The highest BCUT2D eigenvalue weighted by atomic mass is 16.1. The van der Waals surface area contributed by atoms with Crippen molar-refractivity contribution >= 4 is 17.6 Å². The van der Waals surface area contributed by atoms with E-state index in [1.807, 2.05) is 0 Å². The van der Waals surface area contributed by atoms with E-state index in [0.29, 0.717) is 19.4 Å². The zero-order chi connectivity index (χ0) is 12.6. The molecule has 0 rings (SSSR count). The molecule has 92 valence electrons. The van der Waals surface area contributed by atoms with Gasteiger partial charge in [0.2, 0.25) is 5.91 Å². The molecule has 0 aromatic carbocycles. The molecule has 0 aliphatic carbocycles. The summed E-state index contributed by atoms with van der Waals surface area (Å²) in [5.74, 6) is -0.635. The summed E-state index contributed by atoms with van der Waals surface area (Å²) < 4.78 is 0. The smallest absolute Gasteiger partial charge is 0.234 e. The third-order valence-corrected chi connectivity index (χ3v) is 1.93. The molecule has 0 heterocycles. The van der Waals surface area contributed by atoms with Crippen molar-refractivity contribution < 1.29 is 9.59 Å². The van der Waals surface area contributed by atoms with Gasteiger partial charge in [-0.15, -0.1) is 0 Å². The summed E-state index contributed by atoms with van der Waals surface area (Å²) in [4.78, 5) is 21.7. The summed E-state index contributed by atoms with van der Waals surface area (Å²) >= 11 is 0. The molecular formula is C9H19N5O2. The Kier molecular flexibility index (Phi) is 6.86. The average molecular weight is 229 g/mol. The van der Waals surface area contributed by atoms with Crippen LogP contribution < -0.4 is 22.1 Å². The van der Waals surface area contributed by atoms with E-state index in [1.54, 1.807) is 0 Å². The number of nitrogens with two attached hydrogens (primary N) is 2. The number of Topliss-reactive ketones (excluding diaryl/α,β-unsaturated/α-hetero) is 1. The van der Waals surface area contributed by atoms with E-state index in [9.17, 15) is 9.59 Å². The highest BCUT2D eigenvalue weighted by Crippen LogP contribution is 1.95. The van der Waals surface area contributed by atoms with E-state index in [-0.39, 0.29) is 18.3 Å². The maximum absolute atomic E-state index is 11.0. The number of carbonyl (C=O) groups is 2.